The van der Waals surface area contributed by atoms with Crippen molar-refractivity contribution in [3.8, 4) is 17.2 Å². The zero-order valence-electron chi connectivity index (χ0n) is 23.2. The van der Waals surface area contributed by atoms with E-state index in [-0.39, 0.29) is 53.0 Å². The average molecular weight is 568 g/mol. The second-order valence-electron chi connectivity index (χ2n) is 12.0. The van der Waals surface area contributed by atoms with Crippen molar-refractivity contribution in [2.75, 3.05) is 20.7 Å². The lowest BCUT2D eigenvalue weighted by molar-refractivity contribution is -0.311. The highest BCUT2D eigenvalue weighted by atomic mass is 16.7. The van der Waals surface area contributed by atoms with Crippen LogP contribution in [0.3, 0.4) is 0 Å². The van der Waals surface area contributed by atoms with Gasteiger partial charge in [0.05, 0.1) is 41.0 Å². The molecule has 0 spiro atoms. The van der Waals surface area contributed by atoms with Gasteiger partial charge in [-0.05, 0) is 45.6 Å². The summed E-state index contributed by atoms with van der Waals surface area (Å²) in [6, 6.07) is 1.89. The number of carbonyl (C=O) groups is 2. The zero-order valence-corrected chi connectivity index (χ0v) is 23.2. The Morgan fingerprint density at radius 3 is 2.49 bits per heavy atom. The third-order valence-corrected chi connectivity index (χ3v) is 8.79. The number of aliphatic hydroxyl groups is 3. The number of rotatable bonds is 4. The molecule has 7 unspecified atom stereocenters. The van der Waals surface area contributed by atoms with Crippen LogP contribution in [0.4, 0.5) is 0 Å². The van der Waals surface area contributed by atoms with Crippen LogP contribution in [0, 0.1) is 0 Å². The minimum absolute atomic E-state index is 0.0905. The molecule has 2 heterocycles. The molecule has 5 N–H and O–H groups in total. The van der Waals surface area contributed by atoms with Crippen molar-refractivity contribution in [2.24, 2.45) is 0 Å². The number of likely N-dealkylation sites (N-methyl/N-ethyl adjacent to an activating group) is 1. The number of ketones is 2. The molecule has 41 heavy (non-hydrogen) atoms. The Morgan fingerprint density at radius 1 is 1.12 bits per heavy atom. The van der Waals surface area contributed by atoms with Gasteiger partial charge in [-0.15, -0.1) is 6.58 Å². The number of nitrogens with zero attached hydrogens (tertiary/aromatic N) is 1. The van der Waals surface area contributed by atoms with E-state index in [1.807, 2.05) is 0 Å². The number of ether oxygens (including phenoxy) is 3. The van der Waals surface area contributed by atoms with E-state index in [9.17, 15) is 35.1 Å². The van der Waals surface area contributed by atoms with E-state index in [1.54, 1.807) is 32.8 Å². The first-order valence-electron chi connectivity index (χ1n) is 13.4. The maximum atomic E-state index is 14.2. The Labute approximate surface area is 236 Å². The molecular weight excluding hydrogens is 534 g/mol. The highest BCUT2D eigenvalue weighted by Gasteiger charge is 2.59. The van der Waals surface area contributed by atoms with Crippen LogP contribution in [0.5, 0.6) is 17.2 Å². The third-order valence-electron chi connectivity index (χ3n) is 8.79. The maximum Gasteiger partial charge on any atom is 0.228 e. The third kappa shape index (κ3) is 3.80. The Kier molecular flexibility index (Phi) is 6.17. The zero-order chi connectivity index (χ0) is 29.8. The highest BCUT2D eigenvalue weighted by Crippen LogP contribution is 2.54. The van der Waals surface area contributed by atoms with Crippen LogP contribution >= 0.6 is 0 Å². The van der Waals surface area contributed by atoms with Crippen molar-refractivity contribution in [1.29, 1.82) is 0 Å². The molecule has 2 aromatic carbocycles. The molecule has 7 atom stereocenters. The first-order valence-corrected chi connectivity index (χ1v) is 13.4. The summed E-state index contributed by atoms with van der Waals surface area (Å²) in [5, 5.41) is 55.8. The van der Waals surface area contributed by atoms with Gasteiger partial charge in [0, 0.05) is 29.5 Å². The van der Waals surface area contributed by atoms with E-state index < -0.39 is 64.9 Å². The number of phenols is 2. The summed E-state index contributed by atoms with van der Waals surface area (Å²) in [6.45, 7) is 6.96. The summed E-state index contributed by atoms with van der Waals surface area (Å²) in [5.41, 5.74) is -2.84. The van der Waals surface area contributed by atoms with Gasteiger partial charge in [-0.2, -0.15) is 0 Å². The highest BCUT2D eigenvalue weighted by molar-refractivity contribution is 6.31. The molecule has 2 aromatic rings. The van der Waals surface area contributed by atoms with Gasteiger partial charge in [0.15, 0.2) is 5.78 Å². The second-order valence-corrected chi connectivity index (χ2v) is 12.0. The Bertz CT molecular complexity index is 1510. The summed E-state index contributed by atoms with van der Waals surface area (Å²) in [5.74, 6) is -2.59. The molecule has 0 saturated carbocycles. The molecular formula is C30H33NO10. The van der Waals surface area contributed by atoms with Crippen molar-refractivity contribution in [3.05, 3.63) is 63.7 Å². The van der Waals surface area contributed by atoms with Gasteiger partial charge in [-0.1, -0.05) is 6.08 Å². The van der Waals surface area contributed by atoms with Crippen molar-refractivity contribution in [3.63, 3.8) is 0 Å². The van der Waals surface area contributed by atoms with Gasteiger partial charge in [0.2, 0.25) is 12.1 Å². The van der Waals surface area contributed by atoms with Gasteiger partial charge >= 0.3 is 0 Å². The fourth-order valence-corrected chi connectivity index (χ4v) is 6.89. The number of benzene rings is 2. The van der Waals surface area contributed by atoms with E-state index in [1.165, 1.54) is 18.2 Å². The average Bonchev–Trinajstić information content (AvgIpc) is 2.88. The maximum absolute atomic E-state index is 14.2. The molecule has 11 heteroatoms. The normalized spacial score (nSPS) is 33.4. The Morgan fingerprint density at radius 2 is 1.83 bits per heavy atom. The molecule has 2 bridgehead atoms. The minimum atomic E-state index is -1.51. The number of aliphatic hydroxyl groups excluding tert-OH is 2. The Balaban J connectivity index is 1.55. The lowest BCUT2D eigenvalue weighted by Gasteiger charge is -2.53. The summed E-state index contributed by atoms with van der Waals surface area (Å²) >= 11 is 0. The van der Waals surface area contributed by atoms with Gasteiger partial charge in [-0.3, -0.25) is 9.59 Å². The van der Waals surface area contributed by atoms with Crippen molar-refractivity contribution < 1.29 is 49.3 Å². The standard InChI is InChI=1S/C30H33NO10/c1-6-7-39-16-11-29(2,38)10-12-8-13-18(23(34)17(12)16)24(35)19-15(32)9-14-26(20(19)22(13)33)40-28-25(36)21(31(4)5)27(37)30(14,3)41-28/h6,8-9,16,21,25,27-28,32,34,36-38H,1,7,10-11H2,2-5H3. The molecule has 0 aromatic heterocycles. The van der Waals surface area contributed by atoms with Gasteiger partial charge in [-0.25, -0.2) is 0 Å². The first kappa shape index (κ1) is 27.8. The smallest absolute Gasteiger partial charge is 0.228 e. The van der Waals surface area contributed by atoms with E-state index in [0.717, 1.165) is 0 Å². The molecule has 11 nitrogen and oxygen atoms in total. The van der Waals surface area contributed by atoms with E-state index in [0.29, 0.717) is 11.1 Å². The van der Waals surface area contributed by atoms with Crippen molar-refractivity contribution in [2.45, 2.75) is 68.5 Å². The van der Waals surface area contributed by atoms with E-state index in [2.05, 4.69) is 6.58 Å². The predicted molar refractivity (Wildman–Crippen MR) is 143 cm³/mol. The van der Waals surface area contributed by atoms with Crippen LogP contribution in [0.1, 0.15) is 74.9 Å². The van der Waals surface area contributed by atoms with Gasteiger partial charge in [0.25, 0.3) is 0 Å². The minimum Gasteiger partial charge on any atom is -0.507 e. The monoisotopic (exact) mass is 567 g/mol. The number of carbonyl (C=O) groups excluding carboxylic acids is 2. The van der Waals surface area contributed by atoms with Crippen LogP contribution in [-0.4, -0.2) is 92.8 Å². The van der Waals surface area contributed by atoms with Crippen molar-refractivity contribution >= 4 is 11.6 Å². The largest absolute Gasteiger partial charge is 0.507 e. The molecule has 2 aliphatic carbocycles. The molecule has 1 fully saturated rings. The van der Waals surface area contributed by atoms with Crippen LogP contribution in [0.25, 0.3) is 0 Å². The molecule has 0 amide bonds. The van der Waals surface area contributed by atoms with E-state index in [4.69, 9.17) is 14.2 Å². The lowest BCUT2D eigenvalue weighted by Crippen LogP contribution is -2.68. The quantitative estimate of drug-likeness (QED) is 0.290. The molecule has 4 aliphatic rings. The fourth-order valence-electron chi connectivity index (χ4n) is 6.89. The molecule has 2 aliphatic heterocycles. The number of aromatic hydroxyl groups is 2. The summed E-state index contributed by atoms with van der Waals surface area (Å²) in [6.07, 6.45) is -2.89. The summed E-state index contributed by atoms with van der Waals surface area (Å²) in [7, 11) is 3.37. The number of phenolic OH excluding ortho intramolecular Hbond substituents is 2. The summed E-state index contributed by atoms with van der Waals surface area (Å²) in [4.78, 5) is 29.7. The topological polar surface area (TPSA) is 166 Å². The van der Waals surface area contributed by atoms with Gasteiger partial charge < -0.3 is 44.6 Å². The molecule has 218 valence electrons. The van der Waals surface area contributed by atoms with E-state index >= 15 is 0 Å². The molecule has 0 radical (unpaired) electrons. The van der Waals surface area contributed by atoms with Crippen LogP contribution in [0.15, 0.2) is 24.8 Å². The second kappa shape index (κ2) is 9.09. The predicted octanol–water partition coefficient (Wildman–Crippen LogP) is 1.43. The summed E-state index contributed by atoms with van der Waals surface area (Å²) < 4.78 is 17.8. The Hall–Kier alpha value is -3.32. The fraction of sp³-hybridized carbons (Fsp3) is 0.467. The molecule has 1 saturated heterocycles. The molecule has 6 rings (SSSR count). The van der Waals surface area contributed by atoms with Gasteiger partial charge in [0.1, 0.15) is 35.1 Å². The van der Waals surface area contributed by atoms with Crippen LogP contribution < -0.4 is 4.74 Å². The SMILES string of the molecule is C=CCOC1CC(C)(O)Cc2cc3c(c(O)c21)C(=O)c1c(O)cc2c(c1C3=O)OC1OC2(C)C(O)C(N(C)C)C1O. The number of fused-ring (bicyclic) bond motifs is 8. The van der Waals surface area contributed by atoms with Crippen molar-refractivity contribution in [1.82, 2.24) is 4.90 Å². The first-order chi connectivity index (χ1) is 19.2. The number of hydrogen-bond acceptors (Lipinski definition) is 11. The van der Waals surface area contributed by atoms with Crippen LogP contribution in [-0.2, 0) is 21.5 Å². The lowest BCUT2D eigenvalue weighted by atomic mass is 9.72. The van der Waals surface area contributed by atoms with Crippen LogP contribution in [0.2, 0.25) is 0 Å². The number of hydrogen-bond donors (Lipinski definition) is 5.